The summed E-state index contributed by atoms with van der Waals surface area (Å²) in [4.78, 5) is 14.5. The van der Waals surface area contributed by atoms with Crippen LogP contribution in [0.1, 0.15) is 17.7 Å². The van der Waals surface area contributed by atoms with Crippen LogP contribution in [0.5, 0.6) is 0 Å². The van der Waals surface area contributed by atoms with E-state index in [-0.39, 0.29) is 16.7 Å². The van der Waals surface area contributed by atoms with Gasteiger partial charge in [0.2, 0.25) is 5.91 Å². The van der Waals surface area contributed by atoms with Gasteiger partial charge in [-0.05, 0) is 25.0 Å². The molecule has 1 amide bonds. The Labute approximate surface area is 123 Å². The van der Waals surface area contributed by atoms with Crippen molar-refractivity contribution in [1.82, 2.24) is 9.21 Å². The number of amides is 1. The van der Waals surface area contributed by atoms with E-state index < -0.39 is 10.0 Å². The van der Waals surface area contributed by atoms with Gasteiger partial charge in [0.15, 0.2) is 0 Å². The molecule has 0 unspecified atom stereocenters. The van der Waals surface area contributed by atoms with E-state index in [1.165, 1.54) is 7.05 Å². The van der Waals surface area contributed by atoms with Crippen LogP contribution in [0.2, 0.25) is 0 Å². The van der Waals surface area contributed by atoms with Crippen molar-refractivity contribution >= 4 is 27.3 Å². The first-order chi connectivity index (χ1) is 9.45. The number of sulfonamides is 1. The van der Waals surface area contributed by atoms with Crippen LogP contribution in [0.3, 0.4) is 0 Å². The number of nitrogens with zero attached hydrogens (tertiary/aromatic N) is 2. The smallest absolute Gasteiger partial charge is 0.252 e. The molecule has 20 heavy (non-hydrogen) atoms. The molecule has 1 aromatic heterocycles. The summed E-state index contributed by atoms with van der Waals surface area (Å²) in [5.41, 5.74) is 5.49. The van der Waals surface area contributed by atoms with Crippen LogP contribution in [-0.4, -0.2) is 50.2 Å². The van der Waals surface area contributed by atoms with Crippen molar-refractivity contribution in [3.63, 3.8) is 0 Å². The maximum Gasteiger partial charge on any atom is 0.252 e. The van der Waals surface area contributed by atoms with E-state index in [1.807, 2.05) is 0 Å². The second-order valence-electron chi connectivity index (χ2n) is 4.77. The number of hydrogen-bond acceptors (Lipinski definition) is 5. The number of hydrogen-bond donors (Lipinski definition) is 1. The molecule has 1 aliphatic rings. The number of carbonyl (C=O) groups is 1. The number of likely N-dealkylation sites (tertiary alicyclic amines) is 1. The Balaban J connectivity index is 2.06. The van der Waals surface area contributed by atoms with Gasteiger partial charge in [-0.25, -0.2) is 8.42 Å². The lowest BCUT2D eigenvalue weighted by molar-refractivity contribution is -0.130. The van der Waals surface area contributed by atoms with Gasteiger partial charge < -0.3 is 10.6 Å². The van der Waals surface area contributed by atoms with E-state index in [0.29, 0.717) is 6.54 Å². The van der Waals surface area contributed by atoms with Gasteiger partial charge >= 0.3 is 0 Å². The van der Waals surface area contributed by atoms with E-state index in [9.17, 15) is 13.2 Å². The topological polar surface area (TPSA) is 83.7 Å². The molecule has 0 saturated carbocycles. The van der Waals surface area contributed by atoms with E-state index in [0.717, 1.165) is 46.5 Å². The maximum atomic E-state index is 12.3. The molecule has 1 aromatic rings. The molecule has 8 heteroatoms. The molecular formula is C12H19N3O3S2. The third-order valence-electron chi connectivity index (χ3n) is 3.32. The quantitative estimate of drug-likeness (QED) is 0.854. The molecule has 0 bridgehead atoms. The lowest BCUT2D eigenvalue weighted by atomic mass is 10.4. The first-order valence-corrected chi connectivity index (χ1v) is 8.73. The molecule has 2 rings (SSSR count). The van der Waals surface area contributed by atoms with Crippen molar-refractivity contribution in [2.45, 2.75) is 23.6 Å². The van der Waals surface area contributed by atoms with Crippen molar-refractivity contribution in [3.8, 4) is 0 Å². The minimum Gasteiger partial charge on any atom is -0.342 e. The van der Waals surface area contributed by atoms with Crippen molar-refractivity contribution < 1.29 is 13.2 Å². The van der Waals surface area contributed by atoms with Gasteiger partial charge in [0.05, 0.1) is 6.54 Å². The normalized spacial score (nSPS) is 16.1. The standard InChI is InChI=1S/C12H19N3O3S2/c1-14(9-11(16)15-6-2-3-7-15)20(17,18)12-5-4-10(8-13)19-12/h4-5H,2-3,6-9,13H2,1H3. The highest BCUT2D eigenvalue weighted by atomic mass is 32.2. The number of likely N-dealkylation sites (N-methyl/N-ethyl adjacent to an activating group) is 1. The first-order valence-electron chi connectivity index (χ1n) is 6.48. The second-order valence-corrected chi connectivity index (χ2v) is 8.21. The highest BCUT2D eigenvalue weighted by molar-refractivity contribution is 7.91. The molecule has 0 radical (unpaired) electrons. The predicted molar refractivity (Wildman–Crippen MR) is 77.8 cm³/mol. The van der Waals surface area contributed by atoms with E-state index in [4.69, 9.17) is 5.73 Å². The Bertz CT molecular complexity index is 577. The van der Waals surface area contributed by atoms with Gasteiger partial charge in [-0.3, -0.25) is 4.79 Å². The van der Waals surface area contributed by atoms with Gasteiger partial charge in [0, 0.05) is 31.6 Å². The number of carbonyl (C=O) groups excluding carboxylic acids is 1. The van der Waals surface area contributed by atoms with Crippen LogP contribution < -0.4 is 5.73 Å². The molecule has 0 aromatic carbocycles. The molecule has 6 nitrogen and oxygen atoms in total. The average molecular weight is 317 g/mol. The van der Waals surface area contributed by atoms with Crippen molar-refractivity contribution in [2.75, 3.05) is 26.7 Å². The lowest BCUT2D eigenvalue weighted by Gasteiger charge is -2.20. The van der Waals surface area contributed by atoms with Crippen LogP contribution in [-0.2, 0) is 21.4 Å². The highest BCUT2D eigenvalue weighted by Crippen LogP contribution is 2.24. The van der Waals surface area contributed by atoms with E-state index >= 15 is 0 Å². The van der Waals surface area contributed by atoms with Crippen LogP contribution in [0.4, 0.5) is 0 Å². The maximum absolute atomic E-state index is 12.3. The largest absolute Gasteiger partial charge is 0.342 e. The Morgan fingerprint density at radius 1 is 1.40 bits per heavy atom. The Kier molecular flexibility index (Phi) is 4.79. The Hall–Kier alpha value is -0.960. The molecule has 0 atom stereocenters. The van der Waals surface area contributed by atoms with E-state index in [2.05, 4.69) is 0 Å². The summed E-state index contributed by atoms with van der Waals surface area (Å²) in [5, 5.41) is 0. The second kappa shape index (κ2) is 6.21. The molecular weight excluding hydrogens is 298 g/mol. The summed E-state index contributed by atoms with van der Waals surface area (Å²) in [6.45, 7) is 1.65. The minimum atomic E-state index is -3.60. The van der Waals surface area contributed by atoms with Gasteiger partial charge in [0.25, 0.3) is 10.0 Å². The van der Waals surface area contributed by atoms with Crippen molar-refractivity contribution in [2.24, 2.45) is 5.73 Å². The molecule has 2 N–H and O–H groups in total. The van der Waals surface area contributed by atoms with Gasteiger partial charge in [0.1, 0.15) is 4.21 Å². The van der Waals surface area contributed by atoms with Gasteiger partial charge in [-0.15, -0.1) is 11.3 Å². The fraction of sp³-hybridized carbons (Fsp3) is 0.583. The number of nitrogens with two attached hydrogens (primary N) is 1. The zero-order valence-electron chi connectivity index (χ0n) is 11.4. The first kappa shape index (κ1) is 15.4. The molecule has 1 saturated heterocycles. The highest BCUT2D eigenvalue weighted by Gasteiger charge is 2.27. The van der Waals surface area contributed by atoms with Crippen LogP contribution >= 0.6 is 11.3 Å². The zero-order chi connectivity index (χ0) is 14.8. The van der Waals surface area contributed by atoms with Crippen molar-refractivity contribution in [3.05, 3.63) is 17.0 Å². The average Bonchev–Trinajstić information content (AvgIpc) is 3.09. The summed E-state index contributed by atoms with van der Waals surface area (Å²) < 4.78 is 26.0. The van der Waals surface area contributed by atoms with Gasteiger partial charge in [-0.1, -0.05) is 0 Å². The fourth-order valence-corrected chi connectivity index (χ4v) is 4.67. The van der Waals surface area contributed by atoms with Crippen LogP contribution in [0.15, 0.2) is 16.3 Å². The summed E-state index contributed by atoms with van der Waals surface area (Å²) in [5.74, 6) is -0.135. The zero-order valence-corrected chi connectivity index (χ0v) is 13.0. The summed E-state index contributed by atoms with van der Waals surface area (Å²) in [6.07, 6.45) is 1.99. The van der Waals surface area contributed by atoms with Crippen molar-refractivity contribution in [1.29, 1.82) is 0 Å². The molecule has 0 spiro atoms. The summed E-state index contributed by atoms with van der Waals surface area (Å²) in [7, 11) is -2.17. The Morgan fingerprint density at radius 2 is 2.05 bits per heavy atom. The predicted octanol–water partition coefficient (Wildman–Crippen LogP) is 0.450. The van der Waals surface area contributed by atoms with Gasteiger partial charge in [-0.2, -0.15) is 4.31 Å². The van der Waals surface area contributed by atoms with Crippen LogP contribution in [0, 0.1) is 0 Å². The van der Waals surface area contributed by atoms with E-state index in [1.54, 1.807) is 17.0 Å². The fourth-order valence-electron chi connectivity index (χ4n) is 2.10. The SMILES string of the molecule is CN(CC(=O)N1CCCC1)S(=O)(=O)c1ccc(CN)s1. The summed E-state index contributed by atoms with van der Waals surface area (Å²) in [6, 6.07) is 3.24. The number of rotatable bonds is 5. The third-order valence-corrected chi connectivity index (χ3v) is 6.70. The summed E-state index contributed by atoms with van der Waals surface area (Å²) >= 11 is 1.15. The third kappa shape index (κ3) is 3.20. The molecule has 1 aliphatic heterocycles. The molecule has 2 heterocycles. The molecule has 112 valence electrons. The minimum absolute atomic E-state index is 0.113. The monoisotopic (exact) mass is 317 g/mol. The Morgan fingerprint density at radius 3 is 2.60 bits per heavy atom. The molecule has 0 aliphatic carbocycles. The lowest BCUT2D eigenvalue weighted by Crippen LogP contribution is -2.39. The number of thiophene rings is 1. The van der Waals surface area contributed by atoms with Crippen LogP contribution in [0.25, 0.3) is 0 Å². The molecule has 1 fully saturated rings.